The van der Waals surface area contributed by atoms with Crippen LogP contribution in [0.15, 0.2) is 6.07 Å². The smallest absolute Gasteiger partial charge is 0.410 e. The van der Waals surface area contributed by atoms with E-state index >= 15 is 0 Å². The van der Waals surface area contributed by atoms with Crippen LogP contribution in [-0.4, -0.2) is 71.0 Å². The quantitative estimate of drug-likeness (QED) is 0.802. The summed E-state index contributed by atoms with van der Waals surface area (Å²) < 4.78 is 12.2. The van der Waals surface area contributed by atoms with E-state index in [4.69, 9.17) is 9.47 Å². The number of aryl methyl sites for hydroxylation is 1. The molecule has 8 nitrogen and oxygen atoms in total. The maximum absolute atomic E-state index is 12.5. The number of aromatic nitrogens is 2. The number of hydrogen-bond acceptors (Lipinski definition) is 5. The van der Waals surface area contributed by atoms with Gasteiger partial charge in [-0.05, 0) is 19.4 Å². The van der Waals surface area contributed by atoms with E-state index in [2.05, 4.69) is 5.10 Å². The average molecular weight is 322 g/mol. The molecule has 0 unspecified atom stereocenters. The van der Waals surface area contributed by atoms with Crippen LogP contribution in [0.25, 0.3) is 0 Å². The molecule has 0 saturated carbocycles. The predicted octanol–water partition coefficient (Wildman–Crippen LogP) is 0.718. The third-order valence-corrected chi connectivity index (χ3v) is 4.06. The maximum Gasteiger partial charge on any atom is 0.410 e. The normalized spacial score (nSPS) is 18.3. The van der Waals surface area contributed by atoms with E-state index in [9.17, 15) is 9.59 Å². The fourth-order valence-electron chi connectivity index (χ4n) is 2.87. The molecule has 0 radical (unpaired) electrons. The molecule has 0 spiro atoms. The summed E-state index contributed by atoms with van der Waals surface area (Å²) in [7, 11) is 0. The summed E-state index contributed by atoms with van der Waals surface area (Å²) in [6.07, 6.45) is 0.474. The molecule has 3 rings (SSSR count). The van der Waals surface area contributed by atoms with Crippen molar-refractivity contribution in [2.24, 2.45) is 0 Å². The molecule has 3 heterocycles. The molecule has 0 aliphatic carbocycles. The largest absolute Gasteiger partial charge is 0.450 e. The van der Waals surface area contributed by atoms with Crippen molar-refractivity contribution in [2.75, 3.05) is 39.5 Å². The average Bonchev–Trinajstić information content (AvgIpc) is 2.86. The van der Waals surface area contributed by atoms with Crippen LogP contribution in [0.5, 0.6) is 0 Å². The van der Waals surface area contributed by atoms with Crippen molar-refractivity contribution < 1.29 is 19.1 Å². The first-order chi connectivity index (χ1) is 11.2. The third kappa shape index (κ3) is 3.47. The lowest BCUT2D eigenvalue weighted by atomic mass is 10.3. The number of carbonyl (C=O) groups excluding carboxylic acids is 2. The number of carbonyl (C=O) groups is 2. The standard InChI is InChI=1S/C15H22N4O4/c1-2-23-15(21)18-4-3-5-19-12(11-18)10-13(16-19)14(20)17-6-8-22-9-7-17/h10H,2-9,11H2,1H3. The molecule has 2 aliphatic rings. The van der Waals surface area contributed by atoms with Gasteiger partial charge in [0.1, 0.15) is 0 Å². The molecule has 1 fully saturated rings. The Hall–Kier alpha value is -2.09. The highest BCUT2D eigenvalue weighted by atomic mass is 16.6. The summed E-state index contributed by atoms with van der Waals surface area (Å²) in [6.45, 7) is 6.21. The van der Waals surface area contributed by atoms with Gasteiger partial charge in [0, 0.05) is 26.2 Å². The summed E-state index contributed by atoms with van der Waals surface area (Å²) in [6, 6.07) is 1.79. The van der Waals surface area contributed by atoms with Crippen LogP contribution in [-0.2, 0) is 22.6 Å². The van der Waals surface area contributed by atoms with Crippen LogP contribution in [0, 0.1) is 0 Å². The van der Waals surface area contributed by atoms with Gasteiger partial charge in [-0.25, -0.2) is 4.79 Å². The zero-order valence-corrected chi connectivity index (χ0v) is 13.4. The van der Waals surface area contributed by atoms with Gasteiger partial charge >= 0.3 is 6.09 Å². The fraction of sp³-hybridized carbons (Fsp3) is 0.667. The first kappa shape index (κ1) is 15.8. The Kier molecular flexibility index (Phi) is 4.80. The number of nitrogens with zero attached hydrogens (tertiary/aromatic N) is 4. The number of hydrogen-bond donors (Lipinski definition) is 0. The Labute approximate surface area is 134 Å². The van der Waals surface area contributed by atoms with Gasteiger partial charge < -0.3 is 19.3 Å². The van der Waals surface area contributed by atoms with Gasteiger partial charge in [0.15, 0.2) is 5.69 Å². The van der Waals surface area contributed by atoms with E-state index in [0.717, 1.165) is 12.1 Å². The van der Waals surface area contributed by atoms with E-state index < -0.39 is 0 Å². The van der Waals surface area contributed by atoms with Crippen LogP contribution in [0.1, 0.15) is 29.5 Å². The van der Waals surface area contributed by atoms with E-state index in [1.165, 1.54) is 0 Å². The summed E-state index contributed by atoms with van der Waals surface area (Å²) in [4.78, 5) is 27.9. The Balaban J connectivity index is 1.73. The highest BCUT2D eigenvalue weighted by Gasteiger charge is 2.25. The molecule has 0 aromatic carbocycles. The van der Waals surface area contributed by atoms with Crippen LogP contribution < -0.4 is 0 Å². The first-order valence-electron chi connectivity index (χ1n) is 8.04. The summed E-state index contributed by atoms with van der Waals surface area (Å²) >= 11 is 0. The van der Waals surface area contributed by atoms with Gasteiger partial charge in [0.2, 0.25) is 0 Å². The number of rotatable bonds is 2. The highest BCUT2D eigenvalue weighted by Crippen LogP contribution is 2.16. The zero-order chi connectivity index (χ0) is 16.2. The Morgan fingerprint density at radius 1 is 1.22 bits per heavy atom. The minimum absolute atomic E-state index is 0.0726. The van der Waals surface area contributed by atoms with Gasteiger partial charge in [0.25, 0.3) is 5.91 Å². The Morgan fingerprint density at radius 3 is 2.74 bits per heavy atom. The molecule has 1 aromatic heterocycles. The van der Waals surface area contributed by atoms with Crippen molar-refractivity contribution in [3.05, 3.63) is 17.5 Å². The molecule has 1 aromatic rings. The van der Waals surface area contributed by atoms with Gasteiger partial charge in [-0.1, -0.05) is 0 Å². The topological polar surface area (TPSA) is 76.9 Å². The lowest BCUT2D eigenvalue weighted by Crippen LogP contribution is -2.40. The van der Waals surface area contributed by atoms with E-state index in [1.54, 1.807) is 22.8 Å². The molecule has 0 bridgehead atoms. The van der Waals surface area contributed by atoms with Crippen LogP contribution in [0.3, 0.4) is 0 Å². The van der Waals surface area contributed by atoms with Crippen molar-refractivity contribution in [3.63, 3.8) is 0 Å². The molecule has 0 N–H and O–H groups in total. The monoisotopic (exact) mass is 322 g/mol. The fourth-order valence-corrected chi connectivity index (χ4v) is 2.87. The van der Waals surface area contributed by atoms with Crippen molar-refractivity contribution in [3.8, 4) is 0 Å². The molecule has 126 valence electrons. The summed E-state index contributed by atoms with van der Waals surface area (Å²) in [5.41, 5.74) is 1.31. The summed E-state index contributed by atoms with van der Waals surface area (Å²) in [5, 5.41) is 4.43. The Morgan fingerprint density at radius 2 is 2.00 bits per heavy atom. The minimum atomic E-state index is -0.316. The van der Waals surface area contributed by atoms with Crippen LogP contribution in [0.2, 0.25) is 0 Å². The van der Waals surface area contributed by atoms with Crippen molar-refractivity contribution in [1.29, 1.82) is 0 Å². The number of amides is 2. The molecular formula is C15H22N4O4. The van der Waals surface area contributed by atoms with Gasteiger partial charge in [0.05, 0.1) is 32.1 Å². The summed E-state index contributed by atoms with van der Waals surface area (Å²) in [5.74, 6) is -0.0726. The first-order valence-corrected chi connectivity index (χ1v) is 8.04. The lowest BCUT2D eigenvalue weighted by Gasteiger charge is -2.26. The van der Waals surface area contributed by atoms with Crippen LogP contribution in [0.4, 0.5) is 4.79 Å². The third-order valence-electron chi connectivity index (χ3n) is 4.06. The second-order valence-corrected chi connectivity index (χ2v) is 5.62. The molecule has 8 heteroatoms. The predicted molar refractivity (Wildman–Crippen MR) is 81.0 cm³/mol. The second kappa shape index (κ2) is 6.99. The van der Waals surface area contributed by atoms with Gasteiger partial charge in [-0.15, -0.1) is 0 Å². The lowest BCUT2D eigenvalue weighted by molar-refractivity contribution is 0.0298. The van der Waals surface area contributed by atoms with E-state index in [0.29, 0.717) is 58.2 Å². The van der Waals surface area contributed by atoms with Crippen molar-refractivity contribution >= 4 is 12.0 Å². The highest BCUT2D eigenvalue weighted by molar-refractivity contribution is 5.92. The van der Waals surface area contributed by atoms with E-state index in [1.807, 2.05) is 4.68 Å². The molecule has 2 amide bonds. The zero-order valence-electron chi connectivity index (χ0n) is 13.4. The van der Waals surface area contributed by atoms with E-state index in [-0.39, 0.29) is 12.0 Å². The van der Waals surface area contributed by atoms with Crippen LogP contribution >= 0.6 is 0 Å². The maximum atomic E-state index is 12.5. The Bertz CT molecular complexity index is 580. The molecule has 23 heavy (non-hydrogen) atoms. The second-order valence-electron chi connectivity index (χ2n) is 5.62. The SMILES string of the molecule is CCOC(=O)N1CCCn2nc(C(=O)N3CCOCC3)cc2C1. The molecule has 0 atom stereocenters. The number of fused-ring (bicyclic) bond motifs is 1. The minimum Gasteiger partial charge on any atom is -0.450 e. The van der Waals surface area contributed by atoms with Gasteiger partial charge in [-0.3, -0.25) is 9.48 Å². The molecule has 2 aliphatic heterocycles. The number of ether oxygens (including phenoxy) is 2. The molecular weight excluding hydrogens is 300 g/mol. The number of morpholine rings is 1. The van der Waals surface area contributed by atoms with Crippen molar-refractivity contribution in [2.45, 2.75) is 26.4 Å². The van der Waals surface area contributed by atoms with Crippen molar-refractivity contribution in [1.82, 2.24) is 19.6 Å². The molecule has 1 saturated heterocycles. The van der Waals surface area contributed by atoms with Gasteiger partial charge in [-0.2, -0.15) is 5.10 Å².